The highest BCUT2D eigenvalue weighted by Gasteiger charge is 2.22. The zero-order valence-corrected chi connectivity index (χ0v) is 15.0. The second-order valence-electron chi connectivity index (χ2n) is 6.28. The SMILES string of the molecule is COc1c(NC(=O)O)cc(C(C)(C)C)cc1NS(=O)(=O)CCCO. The summed E-state index contributed by atoms with van der Waals surface area (Å²) in [6.07, 6.45) is -1.19. The average molecular weight is 360 g/mol. The molecule has 0 spiro atoms. The van der Waals surface area contributed by atoms with Crippen molar-refractivity contribution in [3.8, 4) is 5.75 Å². The number of hydrogen-bond acceptors (Lipinski definition) is 5. The minimum atomic E-state index is -3.70. The minimum Gasteiger partial charge on any atom is -0.492 e. The maximum atomic E-state index is 12.1. The number of carbonyl (C=O) groups is 1. The van der Waals surface area contributed by atoms with Crippen molar-refractivity contribution in [2.24, 2.45) is 0 Å². The van der Waals surface area contributed by atoms with Crippen molar-refractivity contribution < 1.29 is 28.2 Å². The third kappa shape index (κ3) is 5.57. The van der Waals surface area contributed by atoms with Crippen molar-refractivity contribution in [3.05, 3.63) is 17.7 Å². The van der Waals surface area contributed by atoms with Crippen LogP contribution in [0.2, 0.25) is 0 Å². The molecule has 0 aliphatic rings. The van der Waals surface area contributed by atoms with E-state index in [1.54, 1.807) is 12.1 Å². The summed E-state index contributed by atoms with van der Waals surface area (Å²) in [5, 5.41) is 20.0. The van der Waals surface area contributed by atoms with Crippen LogP contribution in [0.25, 0.3) is 0 Å². The predicted molar refractivity (Wildman–Crippen MR) is 92.5 cm³/mol. The lowest BCUT2D eigenvalue weighted by Crippen LogP contribution is -2.20. The highest BCUT2D eigenvalue weighted by Crippen LogP contribution is 2.39. The van der Waals surface area contributed by atoms with Crippen molar-refractivity contribution in [2.75, 3.05) is 29.5 Å². The van der Waals surface area contributed by atoms with Crippen LogP contribution in [-0.4, -0.2) is 44.2 Å². The fourth-order valence-electron chi connectivity index (χ4n) is 2.04. The molecule has 24 heavy (non-hydrogen) atoms. The molecule has 0 radical (unpaired) electrons. The maximum Gasteiger partial charge on any atom is 0.409 e. The minimum absolute atomic E-state index is 0.0815. The molecule has 0 saturated heterocycles. The summed E-state index contributed by atoms with van der Waals surface area (Å²) in [4.78, 5) is 11.0. The predicted octanol–water partition coefficient (Wildman–Crippen LogP) is 2.21. The van der Waals surface area contributed by atoms with Gasteiger partial charge in [-0.3, -0.25) is 10.0 Å². The van der Waals surface area contributed by atoms with Crippen LogP contribution in [0.1, 0.15) is 32.8 Å². The van der Waals surface area contributed by atoms with E-state index in [1.165, 1.54) is 7.11 Å². The first-order valence-corrected chi connectivity index (χ1v) is 8.99. The second-order valence-corrected chi connectivity index (χ2v) is 8.12. The van der Waals surface area contributed by atoms with Gasteiger partial charge in [-0.15, -0.1) is 0 Å². The van der Waals surface area contributed by atoms with Crippen LogP contribution >= 0.6 is 0 Å². The molecule has 0 aliphatic carbocycles. The number of ether oxygens (including phenoxy) is 1. The van der Waals surface area contributed by atoms with Gasteiger partial charge in [0.1, 0.15) is 0 Å². The summed E-state index contributed by atoms with van der Waals surface area (Å²) in [7, 11) is -2.38. The van der Waals surface area contributed by atoms with Crippen molar-refractivity contribution >= 4 is 27.5 Å². The Kier molecular flexibility index (Phi) is 6.44. The van der Waals surface area contributed by atoms with Gasteiger partial charge in [0.15, 0.2) is 5.75 Å². The quantitative estimate of drug-likeness (QED) is 0.591. The third-order valence-electron chi connectivity index (χ3n) is 3.24. The Hall–Kier alpha value is -2.00. The Bertz CT molecular complexity index is 695. The first kappa shape index (κ1) is 20.0. The topological polar surface area (TPSA) is 125 Å². The number of benzene rings is 1. The Morgan fingerprint density at radius 3 is 2.29 bits per heavy atom. The van der Waals surface area contributed by atoms with Gasteiger partial charge in [-0.2, -0.15) is 0 Å². The van der Waals surface area contributed by atoms with Gasteiger partial charge in [0.05, 0.1) is 24.2 Å². The number of aliphatic hydroxyl groups is 1. The first-order valence-electron chi connectivity index (χ1n) is 7.34. The van der Waals surface area contributed by atoms with Crippen LogP contribution in [0.3, 0.4) is 0 Å². The number of amides is 1. The standard InChI is InChI=1S/C15H24N2O6S/c1-15(2,3)10-8-11(16-14(19)20)13(23-4)12(9-10)17-24(21,22)7-5-6-18/h8-9,16-18H,5-7H2,1-4H3,(H,19,20). The van der Waals surface area contributed by atoms with E-state index in [0.29, 0.717) is 0 Å². The molecular formula is C15H24N2O6S. The summed E-state index contributed by atoms with van der Waals surface area (Å²) in [6.45, 7) is 5.52. The number of carboxylic acid groups (broad SMARTS) is 1. The molecule has 0 bridgehead atoms. The van der Waals surface area contributed by atoms with Gasteiger partial charge >= 0.3 is 6.09 Å². The van der Waals surface area contributed by atoms with Gasteiger partial charge in [0.2, 0.25) is 10.0 Å². The Labute approximate surface area is 141 Å². The fraction of sp³-hybridized carbons (Fsp3) is 0.533. The fourth-order valence-corrected chi connectivity index (χ4v) is 3.14. The zero-order chi connectivity index (χ0) is 18.5. The lowest BCUT2D eigenvalue weighted by Gasteiger charge is -2.23. The van der Waals surface area contributed by atoms with Crippen molar-refractivity contribution in [1.82, 2.24) is 0 Å². The van der Waals surface area contributed by atoms with Crippen LogP contribution in [0, 0.1) is 0 Å². The second kappa shape index (κ2) is 7.71. The van der Waals surface area contributed by atoms with E-state index in [2.05, 4.69) is 10.0 Å². The summed E-state index contributed by atoms with van der Waals surface area (Å²) in [6, 6.07) is 3.22. The van der Waals surface area contributed by atoms with Gasteiger partial charge in [0.25, 0.3) is 0 Å². The van der Waals surface area contributed by atoms with Gasteiger partial charge in [-0.05, 0) is 29.5 Å². The summed E-state index contributed by atoms with van der Waals surface area (Å²) in [5.74, 6) is -0.174. The van der Waals surface area contributed by atoms with E-state index in [9.17, 15) is 13.2 Å². The number of anilines is 2. The van der Waals surface area contributed by atoms with Crippen LogP contribution < -0.4 is 14.8 Å². The largest absolute Gasteiger partial charge is 0.492 e. The van der Waals surface area contributed by atoms with Gasteiger partial charge < -0.3 is 14.9 Å². The Morgan fingerprint density at radius 2 is 1.83 bits per heavy atom. The molecule has 1 aromatic carbocycles. The monoisotopic (exact) mass is 360 g/mol. The Morgan fingerprint density at radius 1 is 1.25 bits per heavy atom. The number of methoxy groups -OCH3 is 1. The van der Waals surface area contributed by atoms with Crippen LogP contribution in [0.15, 0.2) is 12.1 Å². The molecule has 136 valence electrons. The molecule has 0 heterocycles. The molecule has 8 nitrogen and oxygen atoms in total. The maximum absolute atomic E-state index is 12.1. The van der Waals surface area contributed by atoms with E-state index >= 15 is 0 Å². The summed E-state index contributed by atoms with van der Waals surface area (Å²) < 4.78 is 31.8. The molecule has 1 rings (SSSR count). The molecular weight excluding hydrogens is 336 g/mol. The molecule has 0 saturated carbocycles. The van der Waals surface area contributed by atoms with Gasteiger partial charge in [-0.1, -0.05) is 20.8 Å². The molecule has 1 amide bonds. The molecule has 0 fully saturated rings. The van der Waals surface area contributed by atoms with Crippen LogP contribution in [0.4, 0.5) is 16.2 Å². The number of aliphatic hydroxyl groups excluding tert-OH is 1. The molecule has 1 aromatic rings. The molecule has 9 heteroatoms. The molecule has 0 unspecified atom stereocenters. The Balaban J connectivity index is 3.42. The van der Waals surface area contributed by atoms with Gasteiger partial charge in [0, 0.05) is 6.61 Å². The molecule has 0 atom stereocenters. The number of rotatable bonds is 7. The highest BCUT2D eigenvalue weighted by atomic mass is 32.2. The summed E-state index contributed by atoms with van der Waals surface area (Å²) >= 11 is 0. The zero-order valence-electron chi connectivity index (χ0n) is 14.2. The molecule has 4 N–H and O–H groups in total. The lowest BCUT2D eigenvalue weighted by molar-refractivity contribution is 0.209. The van der Waals surface area contributed by atoms with E-state index in [-0.39, 0.29) is 41.3 Å². The van der Waals surface area contributed by atoms with E-state index in [0.717, 1.165) is 5.56 Å². The van der Waals surface area contributed by atoms with Crippen LogP contribution in [0.5, 0.6) is 5.75 Å². The normalized spacial score (nSPS) is 11.9. The molecule has 0 aliphatic heterocycles. The van der Waals surface area contributed by atoms with Crippen LogP contribution in [-0.2, 0) is 15.4 Å². The lowest BCUT2D eigenvalue weighted by atomic mass is 9.86. The molecule has 0 aromatic heterocycles. The van der Waals surface area contributed by atoms with E-state index in [4.69, 9.17) is 14.9 Å². The van der Waals surface area contributed by atoms with E-state index < -0.39 is 16.1 Å². The third-order valence-corrected chi connectivity index (χ3v) is 4.59. The number of sulfonamides is 1. The van der Waals surface area contributed by atoms with E-state index in [1.807, 2.05) is 20.8 Å². The number of hydrogen-bond donors (Lipinski definition) is 4. The summed E-state index contributed by atoms with van der Waals surface area (Å²) in [5.41, 5.74) is 0.683. The highest BCUT2D eigenvalue weighted by molar-refractivity contribution is 7.92. The van der Waals surface area contributed by atoms with Crippen molar-refractivity contribution in [2.45, 2.75) is 32.6 Å². The number of nitrogens with one attached hydrogen (secondary N) is 2. The smallest absolute Gasteiger partial charge is 0.409 e. The van der Waals surface area contributed by atoms with Gasteiger partial charge in [-0.25, -0.2) is 13.2 Å². The van der Waals surface area contributed by atoms with Crippen molar-refractivity contribution in [1.29, 1.82) is 0 Å². The first-order chi connectivity index (χ1) is 11.0. The average Bonchev–Trinajstić information content (AvgIpc) is 2.43. The van der Waals surface area contributed by atoms with Crippen molar-refractivity contribution in [3.63, 3.8) is 0 Å².